The minimum Gasteiger partial charge on any atom is -0.480 e. The zero-order chi connectivity index (χ0) is 15.2. The summed E-state index contributed by atoms with van der Waals surface area (Å²) in [7, 11) is 0. The van der Waals surface area contributed by atoms with Gasteiger partial charge < -0.3 is 21.3 Å². The molecule has 0 spiro atoms. The molecule has 0 bridgehead atoms. The fraction of sp³-hybridized carbons (Fsp3) is 0.846. The van der Waals surface area contributed by atoms with Crippen molar-refractivity contribution >= 4 is 11.9 Å². The lowest BCUT2D eigenvalue weighted by molar-refractivity contribution is -0.157. The molecule has 0 radical (unpaired) electrons. The second-order valence-corrected chi connectivity index (χ2v) is 5.46. The van der Waals surface area contributed by atoms with Gasteiger partial charge in [-0.05, 0) is 32.6 Å². The Kier molecular flexibility index (Phi) is 7.63. The second kappa shape index (κ2) is 8.12. The Balaban J connectivity index is 4.23. The molecule has 5 N–H and O–H groups in total. The van der Waals surface area contributed by atoms with E-state index in [2.05, 4.69) is 0 Å². The highest BCUT2D eigenvalue weighted by molar-refractivity contribution is 5.76. The molecule has 0 saturated heterocycles. The number of hydrogen-bond acceptors (Lipinski definition) is 5. The molecular weight excluding hydrogens is 248 g/mol. The molecular formula is C13H26N2O4. The van der Waals surface area contributed by atoms with E-state index in [0.29, 0.717) is 12.3 Å². The van der Waals surface area contributed by atoms with Crippen LogP contribution in [0.3, 0.4) is 0 Å². The molecule has 0 aromatic rings. The summed E-state index contributed by atoms with van der Waals surface area (Å²) in [5.74, 6) is -1.58. The van der Waals surface area contributed by atoms with Gasteiger partial charge in [0.2, 0.25) is 0 Å². The highest BCUT2D eigenvalue weighted by Crippen LogP contribution is 2.18. The molecule has 0 fully saturated rings. The number of carboxylic acids is 1. The molecule has 6 nitrogen and oxygen atoms in total. The summed E-state index contributed by atoms with van der Waals surface area (Å²) < 4.78 is 5.07. The van der Waals surface area contributed by atoms with Crippen LogP contribution in [0.1, 0.15) is 40.5 Å². The quantitative estimate of drug-likeness (QED) is 0.562. The number of carboxylic acid groups (broad SMARTS) is 1. The standard InChI is InChI=1S/C13H26N2O4/c1-7(6-9(3)14)5-8(2)13(18)19-10(4)11(15)12(16)17/h7-11H,5-6,14-15H2,1-4H3,(H,16,17)/t7?,8?,9?,10-,11+/m1/s1. The van der Waals surface area contributed by atoms with Gasteiger partial charge in [-0.3, -0.25) is 9.59 Å². The van der Waals surface area contributed by atoms with Gasteiger partial charge in [-0.2, -0.15) is 0 Å². The molecule has 0 amide bonds. The van der Waals surface area contributed by atoms with Crippen LogP contribution >= 0.6 is 0 Å². The van der Waals surface area contributed by atoms with E-state index in [4.69, 9.17) is 21.3 Å². The van der Waals surface area contributed by atoms with Crippen LogP contribution in [0, 0.1) is 11.8 Å². The van der Waals surface area contributed by atoms with Crippen molar-refractivity contribution in [3.8, 4) is 0 Å². The van der Waals surface area contributed by atoms with Crippen LogP contribution < -0.4 is 11.5 Å². The van der Waals surface area contributed by atoms with Crippen LogP contribution in [0.5, 0.6) is 0 Å². The van der Waals surface area contributed by atoms with Crippen LogP contribution in [-0.2, 0) is 14.3 Å². The third kappa shape index (κ3) is 7.12. The first-order chi connectivity index (χ1) is 8.65. The number of carbonyl (C=O) groups is 2. The first kappa shape index (κ1) is 17.9. The molecule has 0 aromatic carbocycles. The second-order valence-electron chi connectivity index (χ2n) is 5.46. The van der Waals surface area contributed by atoms with E-state index in [1.54, 1.807) is 6.92 Å². The van der Waals surface area contributed by atoms with Gasteiger partial charge in [-0.15, -0.1) is 0 Å². The highest BCUT2D eigenvalue weighted by atomic mass is 16.5. The molecule has 0 heterocycles. The summed E-state index contributed by atoms with van der Waals surface area (Å²) in [4.78, 5) is 22.5. The number of esters is 1. The summed E-state index contributed by atoms with van der Waals surface area (Å²) in [5, 5.41) is 8.72. The Morgan fingerprint density at radius 2 is 1.63 bits per heavy atom. The largest absolute Gasteiger partial charge is 0.480 e. The fourth-order valence-corrected chi connectivity index (χ4v) is 2.00. The Morgan fingerprint density at radius 1 is 1.11 bits per heavy atom. The lowest BCUT2D eigenvalue weighted by Gasteiger charge is -2.21. The molecule has 6 heteroatoms. The Hall–Kier alpha value is -1.14. The van der Waals surface area contributed by atoms with Crippen molar-refractivity contribution < 1.29 is 19.4 Å². The Bertz CT molecular complexity index is 307. The number of rotatable bonds is 8. The molecule has 0 aliphatic carbocycles. The lowest BCUT2D eigenvalue weighted by atomic mass is 9.92. The van der Waals surface area contributed by atoms with Gasteiger partial charge >= 0.3 is 11.9 Å². The zero-order valence-electron chi connectivity index (χ0n) is 12.1. The average molecular weight is 274 g/mol. The third-order valence-corrected chi connectivity index (χ3v) is 3.03. The summed E-state index contributed by atoms with van der Waals surface area (Å²) in [6.45, 7) is 7.20. The summed E-state index contributed by atoms with van der Waals surface area (Å²) in [5.41, 5.74) is 11.1. The minimum absolute atomic E-state index is 0.0950. The van der Waals surface area contributed by atoms with Gasteiger partial charge in [-0.1, -0.05) is 13.8 Å². The van der Waals surface area contributed by atoms with Crippen molar-refractivity contribution in [3.05, 3.63) is 0 Å². The topological polar surface area (TPSA) is 116 Å². The van der Waals surface area contributed by atoms with Crippen molar-refractivity contribution in [3.63, 3.8) is 0 Å². The van der Waals surface area contributed by atoms with Crippen molar-refractivity contribution in [2.75, 3.05) is 0 Å². The van der Waals surface area contributed by atoms with E-state index in [1.165, 1.54) is 6.92 Å². The Labute approximate surface area is 114 Å². The summed E-state index contributed by atoms with van der Waals surface area (Å²) >= 11 is 0. The van der Waals surface area contributed by atoms with Crippen LogP contribution in [0.4, 0.5) is 0 Å². The van der Waals surface area contributed by atoms with E-state index in [9.17, 15) is 9.59 Å². The fourth-order valence-electron chi connectivity index (χ4n) is 2.00. The Morgan fingerprint density at radius 3 is 2.05 bits per heavy atom. The maximum absolute atomic E-state index is 11.8. The molecule has 19 heavy (non-hydrogen) atoms. The van der Waals surface area contributed by atoms with Crippen molar-refractivity contribution in [1.82, 2.24) is 0 Å². The smallest absolute Gasteiger partial charge is 0.324 e. The molecule has 112 valence electrons. The van der Waals surface area contributed by atoms with Gasteiger partial charge in [0.05, 0.1) is 5.92 Å². The molecule has 5 atom stereocenters. The van der Waals surface area contributed by atoms with E-state index >= 15 is 0 Å². The SMILES string of the molecule is CC(N)CC(C)CC(C)C(=O)O[C@H](C)[C@H](N)C(=O)O. The van der Waals surface area contributed by atoms with Gasteiger partial charge in [0.15, 0.2) is 0 Å². The van der Waals surface area contributed by atoms with Crippen molar-refractivity contribution in [2.24, 2.45) is 23.3 Å². The van der Waals surface area contributed by atoms with Crippen LogP contribution in [-0.4, -0.2) is 35.2 Å². The number of nitrogens with two attached hydrogens (primary N) is 2. The lowest BCUT2D eigenvalue weighted by Crippen LogP contribution is -2.43. The van der Waals surface area contributed by atoms with E-state index in [1.807, 2.05) is 13.8 Å². The third-order valence-electron chi connectivity index (χ3n) is 3.03. The number of carbonyl (C=O) groups excluding carboxylic acids is 1. The molecule has 0 aliphatic heterocycles. The predicted molar refractivity (Wildman–Crippen MR) is 72.4 cm³/mol. The van der Waals surface area contributed by atoms with Crippen LogP contribution in [0.2, 0.25) is 0 Å². The average Bonchev–Trinajstić information content (AvgIpc) is 2.25. The molecule has 0 saturated carbocycles. The molecule has 0 aliphatic rings. The number of hydrogen-bond donors (Lipinski definition) is 3. The van der Waals surface area contributed by atoms with Gasteiger partial charge in [0.1, 0.15) is 12.1 Å². The van der Waals surface area contributed by atoms with E-state index in [-0.39, 0.29) is 12.0 Å². The zero-order valence-corrected chi connectivity index (χ0v) is 12.1. The molecule has 0 aromatic heterocycles. The molecule has 3 unspecified atom stereocenters. The highest BCUT2D eigenvalue weighted by Gasteiger charge is 2.26. The van der Waals surface area contributed by atoms with Crippen LogP contribution in [0.15, 0.2) is 0 Å². The first-order valence-corrected chi connectivity index (χ1v) is 6.59. The number of ether oxygens (including phenoxy) is 1. The van der Waals surface area contributed by atoms with Gasteiger partial charge in [0.25, 0.3) is 0 Å². The maximum Gasteiger partial charge on any atom is 0.324 e. The van der Waals surface area contributed by atoms with Gasteiger partial charge in [-0.25, -0.2) is 0 Å². The van der Waals surface area contributed by atoms with E-state index in [0.717, 1.165) is 6.42 Å². The van der Waals surface area contributed by atoms with E-state index < -0.39 is 24.1 Å². The van der Waals surface area contributed by atoms with Gasteiger partial charge in [0, 0.05) is 6.04 Å². The summed E-state index contributed by atoms with van der Waals surface area (Å²) in [6.07, 6.45) is 0.660. The minimum atomic E-state index is -1.20. The molecule has 0 rings (SSSR count). The predicted octanol–water partition coefficient (Wildman–Crippen LogP) is 0.730. The summed E-state index contributed by atoms with van der Waals surface area (Å²) in [6, 6.07) is -1.10. The van der Waals surface area contributed by atoms with Crippen LogP contribution in [0.25, 0.3) is 0 Å². The first-order valence-electron chi connectivity index (χ1n) is 6.59. The monoisotopic (exact) mass is 274 g/mol. The maximum atomic E-state index is 11.8. The normalized spacial score (nSPS) is 19.1. The number of aliphatic carboxylic acids is 1. The van der Waals surface area contributed by atoms with Crippen molar-refractivity contribution in [2.45, 2.75) is 58.7 Å². The van der Waals surface area contributed by atoms with Crippen molar-refractivity contribution in [1.29, 1.82) is 0 Å².